The number of ether oxygens (including phenoxy) is 1. The number of carbonyl (C=O) groups excluding carboxylic acids is 1. The third-order valence-corrected chi connectivity index (χ3v) is 6.51. The number of sulfonamides is 1. The standard InChI is InChI=1S/C20H24N2O4S/c1-26-19-7-3-2-6-18(19)14-21-20(23)17-10-8-16(9-11-17)15-27(24,25)22-12-4-5-13-22/h2-3,6-11H,4-5,12-15H2,1H3,(H,21,23). The molecule has 2 aromatic rings. The Hall–Kier alpha value is -2.38. The minimum Gasteiger partial charge on any atom is -0.496 e. The fraction of sp³-hybridized carbons (Fsp3) is 0.350. The van der Waals surface area contributed by atoms with E-state index < -0.39 is 10.0 Å². The Kier molecular flexibility index (Phi) is 6.13. The molecule has 7 heteroatoms. The van der Waals surface area contributed by atoms with Crippen LogP contribution in [0.1, 0.15) is 34.3 Å². The van der Waals surface area contributed by atoms with Crippen LogP contribution >= 0.6 is 0 Å². The van der Waals surface area contributed by atoms with Gasteiger partial charge in [-0.1, -0.05) is 30.3 Å². The number of nitrogens with one attached hydrogen (secondary N) is 1. The van der Waals surface area contributed by atoms with Gasteiger partial charge in [-0.2, -0.15) is 0 Å². The number of benzene rings is 2. The van der Waals surface area contributed by atoms with Crippen LogP contribution in [-0.4, -0.2) is 38.8 Å². The molecule has 0 bridgehead atoms. The molecule has 0 spiro atoms. The van der Waals surface area contributed by atoms with Gasteiger partial charge in [0, 0.05) is 30.8 Å². The van der Waals surface area contributed by atoms with Gasteiger partial charge < -0.3 is 10.1 Å². The van der Waals surface area contributed by atoms with Crippen LogP contribution in [0, 0.1) is 0 Å². The Bertz CT molecular complexity index is 888. The minimum atomic E-state index is -3.28. The average Bonchev–Trinajstić information content (AvgIpc) is 3.22. The molecule has 1 saturated heterocycles. The number of nitrogens with zero attached hydrogens (tertiary/aromatic N) is 1. The topological polar surface area (TPSA) is 75.7 Å². The Morgan fingerprint density at radius 2 is 1.74 bits per heavy atom. The molecule has 0 unspecified atom stereocenters. The first-order valence-corrected chi connectivity index (χ1v) is 10.6. The summed E-state index contributed by atoms with van der Waals surface area (Å²) in [6, 6.07) is 14.2. The van der Waals surface area contributed by atoms with Crippen molar-refractivity contribution in [2.24, 2.45) is 0 Å². The van der Waals surface area contributed by atoms with E-state index in [1.54, 1.807) is 35.7 Å². The molecule has 0 atom stereocenters. The first-order chi connectivity index (χ1) is 13.0. The molecule has 0 aromatic heterocycles. The van der Waals surface area contributed by atoms with E-state index in [1.165, 1.54) is 0 Å². The van der Waals surface area contributed by atoms with Crippen LogP contribution in [0.5, 0.6) is 5.75 Å². The van der Waals surface area contributed by atoms with Crippen LogP contribution in [0.25, 0.3) is 0 Å². The molecule has 3 rings (SSSR count). The van der Waals surface area contributed by atoms with Gasteiger partial charge in [0.25, 0.3) is 5.91 Å². The number of hydrogen-bond acceptors (Lipinski definition) is 4. The molecule has 0 saturated carbocycles. The maximum atomic E-state index is 12.4. The largest absolute Gasteiger partial charge is 0.496 e. The number of para-hydroxylation sites is 1. The molecular weight excluding hydrogens is 364 g/mol. The van der Waals surface area contributed by atoms with Crippen molar-refractivity contribution in [3.05, 3.63) is 65.2 Å². The van der Waals surface area contributed by atoms with Crippen LogP contribution in [0.15, 0.2) is 48.5 Å². The van der Waals surface area contributed by atoms with Crippen molar-refractivity contribution in [2.45, 2.75) is 25.1 Å². The van der Waals surface area contributed by atoms with E-state index in [4.69, 9.17) is 4.74 Å². The van der Waals surface area contributed by atoms with Crippen LogP contribution in [0.4, 0.5) is 0 Å². The zero-order chi connectivity index (χ0) is 19.3. The quantitative estimate of drug-likeness (QED) is 0.791. The maximum Gasteiger partial charge on any atom is 0.251 e. The molecule has 2 aromatic carbocycles. The molecule has 1 aliphatic rings. The summed E-state index contributed by atoms with van der Waals surface area (Å²) in [6.45, 7) is 1.56. The maximum absolute atomic E-state index is 12.4. The van der Waals surface area contributed by atoms with Crippen LogP contribution in [-0.2, 0) is 22.3 Å². The van der Waals surface area contributed by atoms with Crippen molar-refractivity contribution in [3.63, 3.8) is 0 Å². The summed E-state index contributed by atoms with van der Waals surface area (Å²) < 4.78 is 31.6. The molecule has 1 heterocycles. The third kappa shape index (κ3) is 4.87. The number of amides is 1. The summed E-state index contributed by atoms with van der Waals surface area (Å²) in [7, 11) is -1.69. The van der Waals surface area contributed by atoms with Crippen molar-refractivity contribution in [1.82, 2.24) is 9.62 Å². The van der Waals surface area contributed by atoms with Gasteiger partial charge in [0.05, 0.1) is 12.9 Å². The highest BCUT2D eigenvalue weighted by Gasteiger charge is 2.25. The smallest absolute Gasteiger partial charge is 0.251 e. The van der Waals surface area contributed by atoms with Gasteiger partial charge in [-0.15, -0.1) is 0 Å². The Labute approximate surface area is 160 Å². The van der Waals surface area contributed by atoms with Gasteiger partial charge >= 0.3 is 0 Å². The lowest BCUT2D eigenvalue weighted by molar-refractivity contribution is 0.0950. The monoisotopic (exact) mass is 388 g/mol. The lowest BCUT2D eigenvalue weighted by Gasteiger charge is -2.15. The first kappa shape index (κ1) is 19.4. The first-order valence-electron chi connectivity index (χ1n) is 8.96. The lowest BCUT2D eigenvalue weighted by Crippen LogP contribution is -2.29. The molecule has 0 aliphatic carbocycles. The highest BCUT2D eigenvalue weighted by Crippen LogP contribution is 2.18. The lowest BCUT2D eigenvalue weighted by atomic mass is 10.1. The van der Waals surface area contributed by atoms with Gasteiger partial charge in [-0.25, -0.2) is 12.7 Å². The van der Waals surface area contributed by atoms with E-state index in [-0.39, 0.29) is 11.7 Å². The van der Waals surface area contributed by atoms with Gasteiger partial charge in [0.2, 0.25) is 10.0 Å². The van der Waals surface area contributed by atoms with Crippen LogP contribution in [0.2, 0.25) is 0 Å². The Morgan fingerprint density at radius 1 is 1.07 bits per heavy atom. The number of hydrogen-bond donors (Lipinski definition) is 1. The summed E-state index contributed by atoms with van der Waals surface area (Å²) in [5.41, 5.74) is 2.07. The molecule has 1 aliphatic heterocycles. The van der Waals surface area contributed by atoms with Crippen LogP contribution in [0.3, 0.4) is 0 Å². The molecule has 1 amide bonds. The summed E-state index contributed by atoms with van der Waals surface area (Å²) in [5, 5.41) is 2.86. The highest BCUT2D eigenvalue weighted by molar-refractivity contribution is 7.88. The second-order valence-electron chi connectivity index (χ2n) is 6.55. The SMILES string of the molecule is COc1ccccc1CNC(=O)c1ccc(CS(=O)(=O)N2CCCC2)cc1. The normalized spacial score (nSPS) is 14.9. The van der Waals surface area contributed by atoms with Crippen molar-refractivity contribution < 1.29 is 17.9 Å². The van der Waals surface area contributed by atoms with Gasteiger partial charge in [0.1, 0.15) is 5.75 Å². The fourth-order valence-corrected chi connectivity index (χ4v) is 4.76. The Balaban J connectivity index is 1.60. The van der Waals surface area contributed by atoms with Gasteiger partial charge in [-0.3, -0.25) is 4.79 Å². The summed E-state index contributed by atoms with van der Waals surface area (Å²) in [5.74, 6) is 0.478. The van der Waals surface area contributed by atoms with E-state index in [1.807, 2.05) is 24.3 Å². The molecule has 144 valence electrons. The zero-order valence-electron chi connectivity index (χ0n) is 15.3. The minimum absolute atomic E-state index is 0.0316. The summed E-state index contributed by atoms with van der Waals surface area (Å²) in [6.07, 6.45) is 1.84. The number of carbonyl (C=O) groups is 1. The Morgan fingerprint density at radius 3 is 2.41 bits per heavy atom. The third-order valence-electron chi connectivity index (χ3n) is 4.66. The average molecular weight is 388 g/mol. The van der Waals surface area contributed by atoms with Crippen molar-refractivity contribution in [2.75, 3.05) is 20.2 Å². The van der Waals surface area contributed by atoms with E-state index in [2.05, 4.69) is 5.32 Å². The molecule has 27 heavy (non-hydrogen) atoms. The molecule has 0 radical (unpaired) electrons. The van der Waals surface area contributed by atoms with Crippen molar-refractivity contribution in [3.8, 4) is 5.75 Å². The van der Waals surface area contributed by atoms with Crippen LogP contribution < -0.4 is 10.1 Å². The van der Waals surface area contributed by atoms with Crippen molar-refractivity contribution in [1.29, 1.82) is 0 Å². The van der Waals surface area contributed by atoms with E-state index in [0.29, 0.717) is 30.8 Å². The number of methoxy groups -OCH3 is 1. The second-order valence-corrected chi connectivity index (χ2v) is 8.52. The van der Waals surface area contributed by atoms with E-state index in [9.17, 15) is 13.2 Å². The molecule has 1 fully saturated rings. The molecule has 1 N–H and O–H groups in total. The van der Waals surface area contributed by atoms with Crippen molar-refractivity contribution >= 4 is 15.9 Å². The predicted octanol–water partition coefficient (Wildman–Crippen LogP) is 2.55. The molecule has 6 nitrogen and oxygen atoms in total. The fourth-order valence-electron chi connectivity index (χ4n) is 3.15. The van der Waals surface area contributed by atoms with Gasteiger partial charge in [-0.05, 0) is 36.6 Å². The van der Waals surface area contributed by atoms with Gasteiger partial charge in [0.15, 0.2) is 0 Å². The summed E-state index contributed by atoms with van der Waals surface area (Å²) >= 11 is 0. The second kappa shape index (κ2) is 8.54. The zero-order valence-corrected chi connectivity index (χ0v) is 16.2. The van der Waals surface area contributed by atoms with E-state index >= 15 is 0 Å². The molecular formula is C20H24N2O4S. The van der Waals surface area contributed by atoms with E-state index in [0.717, 1.165) is 24.2 Å². The summed E-state index contributed by atoms with van der Waals surface area (Å²) in [4.78, 5) is 12.3. The predicted molar refractivity (Wildman–Crippen MR) is 104 cm³/mol. The highest BCUT2D eigenvalue weighted by atomic mass is 32.2. The number of rotatable bonds is 7.